The average molecular weight is 178 g/mol. The normalized spacial score (nSPS) is 49.2. The lowest BCUT2D eigenvalue weighted by Crippen LogP contribution is -2.57. The van der Waals surface area contributed by atoms with Crippen LogP contribution in [-0.2, 0) is 4.74 Å². The van der Waals surface area contributed by atoms with Gasteiger partial charge in [0.25, 0.3) is 0 Å². The molecule has 1 aliphatic heterocycles. The fourth-order valence-corrected chi connectivity index (χ4v) is 1.29. The van der Waals surface area contributed by atoms with Crippen LogP contribution < -0.4 is 0 Å². The van der Waals surface area contributed by atoms with Crippen LogP contribution in [0.15, 0.2) is 0 Å². The van der Waals surface area contributed by atoms with Crippen molar-refractivity contribution in [2.75, 3.05) is 6.61 Å². The highest BCUT2D eigenvalue weighted by atomic mass is 16.5. The van der Waals surface area contributed by atoms with Gasteiger partial charge in [-0.3, -0.25) is 0 Å². The third-order valence-corrected chi connectivity index (χ3v) is 2.13. The van der Waals surface area contributed by atoms with Crippen LogP contribution in [0.1, 0.15) is 6.92 Å². The van der Waals surface area contributed by atoms with Crippen LogP contribution in [0.5, 0.6) is 0 Å². The molecule has 5 atom stereocenters. The van der Waals surface area contributed by atoms with E-state index in [1.54, 1.807) is 6.92 Å². The highest BCUT2D eigenvalue weighted by Gasteiger charge is 2.41. The average Bonchev–Trinajstić information content (AvgIpc) is 2.08. The van der Waals surface area contributed by atoms with Gasteiger partial charge in [0.15, 0.2) is 0 Å². The summed E-state index contributed by atoms with van der Waals surface area (Å²) in [7, 11) is 0. The summed E-state index contributed by atoms with van der Waals surface area (Å²) in [5.41, 5.74) is 0. The summed E-state index contributed by atoms with van der Waals surface area (Å²) in [6, 6.07) is 0. The lowest BCUT2D eigenvalue weighted by Gasteiger charge is -2.38. The summed E-state index contributed by atoms with van der Waals surface area (Å²) >= 11 is 0. The molecule has 0 radical (unpaired) electrons. The predicted octanol–water partition coefficient (Wildman–Crippen LogP) is -2.15. The van der Waals surface area contributed by atoms with Crippen molar-refractivity contribution < 1.29 is 25.2 Å². The molecule has 1 fully saturated rings. The maximum absolute atomic E-state index is 9.23. The molecule has 1 rings (SSSR count). The molecule has 0 aromatic heterocycles. The Hall–Kier alpha value is -0.200. The van der Waals surface area contributed by atoms with Crippen LogP contribution in [0, 0.1) is 0 Å². The van der Waals surface area contributed by atoms with Gasteiger partial charge in [0.2, 0.25) is 0 Å². The van der Waals surface area contributed by atoms with Gasteiger partial charge in [-0.15, -0.1) is 0 Å². The Morgan fingerprint density at radius 1 is 1.08 bits per heavy atom. The second-order valence-electron chi connectivity index (χ2n) is 3.03. The van der Waals surface area contributed by atoms with E-state index in [4.69, 9.17) is 9.84 Å². The van der Waals surface area contributed by atoms with Crippen LogP contribution in [-0.4, -0.2) is 57.6 Å². The minimum absolute atomic E-state index is 0.366. The summed E-state index contributed by atoms with van der Waals surface area (Å²) in [6.07, 6.45) is -4.94. The SMILES string of the molecule is C[C@H]1OC(CO)[C@H](O)C(O)[C@H]1O. The molecule has 0 aliphatic carbocycles. The Morgan fingerprint density at radius 2 is 1.67 bits per heavy atom. The summed E-state index contributed by atoms with van der Waals surface area (Å²) in [4.78, 5) is 0. The number of aliphatic hydroxyl groups is 4. The molecule has 0 bridgehead atoms. The van der Waals surface area contributed by atoms with E-state index in [1.807, 2.05) is 0 Å². The first kappa shape index (κ1) is 9.88. The molecule has 0 amide bonds. The Kier molecular flexibility index (Phi) is 3.03. The monoisotopic (exact) mass is 178 g/mol. The maximum Gasteiger partial charge on any atom is 0.111 e. The van der Waals surface area contributed by atoms with E-state index in [0.717, 1.165) is 0 Å². The van der Waals surface area contributed by atoms with Crippen LogP contribution in [0.3, 0.4) is 0 Å². The molecule has 1 aliphatic rings. The van der Waals surface area contributed by atoms with Gasteiger partial charge < -0.3 is 25.2 Å². The van der Waals surface area contributed by atoms with Gasteiger partial charge >= 0.3 is 0 Å². The predicted molar refractivity (Wildman–Crippen MR) is 39.4 cm³/mol. The fraction of sp³-hybridized carbons (Fsp3) is 1.00. The van der Waals surface area contributed by atoms with Crippen molar-refractivity contribution in [2.24, 2.45) is 0 Å². The lowest BCUT2D eigenvalue weighted by atomic mass is 9.96. The van der Waals surface area contributed by atoms with Gasteiger partial charge in [0, 0.05) is 0 Å². The Labute approximate surface area is 70.2 Å². The van der Waals surface area contributed by atoms with Gasteiger partial charge in [0.05, 0.1) is 12.7 Å². The summed E-state index contributed by atoms with van der Waals surface area (Å²) in [5.74, 6) is 0. The van der Waals surface area contributed by atoms with Crippen molar-refractivity contribution >= 4 is 0 Å². The summed E-state index contributed by atoms with van der Waals surface area (Å²) < 4.78 is 5.02. The topological polar surface area (TPSA) is 90.2 Å². The fourth-order valence-electron chi connectivity index (χ4n) is 1.29. The van der Waals surface area contributed by atoms with E-state index in [9.17, 15) is 15.3 Å². The molecule has 5 nitrogen and oxygen atoms in total. The van der Waals surface area contributed by atoms with E-state index < -0.39 is 30.5 Å². The molecule has 12 heavy (non-hydrogen) atoms. The molecule has 0 spiro atoms. The zero-order valence-electron chi connectivity index (χ0n) is 6.79. The van der Waals surface area contributed by atoms with Crippen molar-refractivity contribution in [1.82, 2.24) is 0 Å². The van der Waals surface area contributed by atoms with E-state index in [2.05, 4.69) is 0 Å². The number of rotatable bonds is 1. The second kappa shape index (κ2) is 3.68. The van der Waals surface area contributed by atoms with Gasteiger partial charge in [-0.1, -0.05) is 0 Å². The third-order valence-electron chi connectivity index (χ3n) is 2.13. The second-order valence-corrected chi connectivity index (χ2v) is 3.03. The molecule has 4 N–H and O–H groups in total. The molecule has 72 valence electrons. The first-order chi connectivity index (χ1) is 5.57. The number of aliphatic hydroxyl groups excluding tert-OH is 4. The zero-order chi connectivity index (χ0) is 9.30. The first-order valence-electron chi connectivity index (χ1n) is 3.88. The number of hydrogen-bond acceptors (Lipinski definition) is 5. The smallest absolute Gasteiger partial charge is 0.111 e. The maximum atomic E-state index is 9.23. The Morgan fingerprint density at radius 3 is 2.17 bits per heavy atom. The van der Waals surface area contributed by atoms with Gasteiger partial charge in [-0.2, -0.15) is 0 Å². The zero-order valence-corrected chi connectivity index (χ0v) is 6.79. The molecular weight excluding hydrogens is 164 g/mol. The van der Waals surface area contributed by atoms with Crippen LogP contribution in [0.25, 0.3) is 0 Å². The van der Waals surface area contributed by atoms with Crippen LogP contribution in [0.2, 0.25) is 0 Å². The minimum atomic E-state index is -1.24. The van der Waals surface area contributed by atoms with Crippen molar-refractivity contribution in [1.29, 1.82) is 0 Å². The Balaban J connectivity index is 2.63. The lowest BCUT2D eigenvalue weighted by molar-refractivity contribution is -0.224. The largest absolute Gasteiger partial charge is 0.394 e. The van der Waals surface area contributed by atoms with Crippen molar-refractivity contribution in [3.8, 4) is 0 Å². The molecule has 2 unspecified atom stereocenters. The van der Waals surface area contributed by atoms with E-state index in [1.165, 1.54) is 0 Å². The standard InChI is InChI=1S/C7H14O5/c1-3-5(9)7(11)6(10)4(2-8)12-3/h3-11H,2H2,1H3/t3-,4?,5+,6+,7?/m1/s1. The van der Waals surface area contributed by atoms with E-state index in [-0.39, 0.29) is 6.61 Å². The molecule has 5 heteroatoms. The van der Waals surface area contributed by atoms with Gasteiger partial charge in [-0.05, 0) is 6.92 Å². The highest BCUT2D eigenvalue weighted by molar-refractivity contribution is 4.89. The van der Waals surface area contributed by atoms with Crippen molar-refractivity contribution in [3.63, 3.8) is 0 Å². The van der Waals surface area contributed by atoms with Gasteiger partial charge in [0.1, 0.15) is 24.4 Å². The molecule has 0 saturated carbocycles. The Bertz CT molecular complexity index is 146. The van der Waals surface area contributed by atoms with E-state index >= 15 is 0 Å². The molecule has 1 heterocycles. The number of ether oxygens (including phenoxy) is 1. The van der Waals surface area contributed by atoms with Crippen molar-refractivity contribution in [2.45, 2.75) is 37.4 Å². The molecule has 0 aromatic rings. The van der Waals surface area contributed by atoms with Crippen LogP contribution in [0.4, 0.5) is 0 Å². The minimum Gasteiger partial charge on any atom is -0.394 e. The van der Waals surface area contributed by atoms with Crippen LogP contribution >= 0.6 is 0 Å². The quantitative estimate of drug-likeness (QED) is 0.367. The summed E-state index contributed by atoms with van der Waals surface area (Å²) in [5, 5.41) is 36.4. The molecule has 1 saturated heterocycles. The van der Waals surface area contributed by atoms with Crippen molar-refractivity contribution in [3.05, 3.63) is 0 Å². The van der Waals surface area contributed by atoms with E-state index in [0.29, 0.717) is 0 Å². The van der Waals surface area contributed by atoms with Gasteiger partial charge in [-0.25, -0.2) is 0 Å². The third kappa shape index (κ3) is 1.60. The summed E-state index contributed by atoms with van der Waals surface area (Å²) in [6.45, 7) is 1.21. The molecular formula is C7H14O5. The first-order valence-corrected chi connectivity index (χ1v) is 3.88. The molecule has 0 aromatic carbocycles. The number of hydrogen-bond donors (Lipinski definition) is 4. The highest BCUT2D eigenvalue weighted by Crippen LogP contribution is 2.20.